The number of amides is 1. The summed E-state index contributed by atoms with van der Waals surface area (Å²) in [6.07, 6.45) is -1.65. The smallest absolute Gasteiger partial charge is 0.381 e. The fraction of sp³-hybridized carbons (Fsp3) is 0.474. The Morgan fingerprint density at radius 2 is 2.11 bits per heavy atom. The van der Waals surface area contributed by atoms with Crippen LogP contribution in [0.15, 0.2) is 30.5 Å². The minimum absolute atomic E-state index is 0.0288. The first-order valence-corrected chi connectivity index (χ1v) is 10.2. The molecule has 0 unspecified atom stereocenters. The number of carbonyl (C=O) groups is 1. The van der Waals surface area contributed by atoms with Gasteiger partial charge in [-0.15, -0.1) is 0 Å². The van der Waals surface area contributed by atoms with Crippen molar-refractivity contribution in [2.24, 2.45) is 0 Å². The van der Waals surface area contributed by atoms with Gasteiger partial charge in [0.1, 0.15) is 0 Å². The normalized spacial score (nSPS) is 15.6. The van der Waals surface area contributed by atoms with Crippen molar-refractivity contribution in [3.63, 3.8) is 0 Å². The Kier molecular flexibility index (Phi) is 6.66. The topological polar surface area (TPSA) is 56.2 Å². The summed E-state index contributed by atoms with van der Waals surface area (Å²) in [7, 11) is 0. The van der Waals surface area contributed by atoms with Gasteiger partial charge in [0.2, 0.25) is 0 Å². The molecule has 1 amide bonds. The van der Waals surface area contributed by atoms with Crippen molar-refractivity contribution in [1.82, 2.24) is 9.78 Å². The Labute approximate surface area is 165 Å². The van der Waals surface area contributed by atoms with Gasteiger partial charge >= 0.3 is 6.18 Å². The molecule has 152 valence electrons. The quantitative estimate of drug-likeness (QED) is 0.753. The lowest BCUT2D eigenvalue weighted by atomic mass is 10.2. The number of aryl methyl sites for hydroxylation is 1. The van der Waals surface area contributed by atoms with Gasteiger partial charge < -0.3 is 10.1 Å². The zero-order valence-electron chi connectivity index (χ0n) is 15.5. The molecule has 0 bridgehead atoms. The van der Waals surface area contributed by atoms with Gasteiger partial charge in [-0.3, -0.25) is 9.48 Å². The first kappa shape index (κ1) is 20.7. The number of hydrogen-bond donors (Lipinski definition) is 1. The Balaban J connectivity index is 1.68. The van der Waals surface area contributed by atoms with Crippen LogP contribution in [-0.2, 0) is 23.2 Å². The number of hydrogen-bond acceptors (Lipinski definition) is 4. The average Bonchev–Trinajstić information content (AvgIpc) is 3.12. The lowest BCUT2D eigenvalue weighted by Gasteiger charge is -2.21. The molecular weight excluding hydrogens is 391 g/mol. The van der Waals surface area contributed by atoms with Crippen molar-refractivity contribution in [2.75, 3.05) is 18.5 Å². The van der Waals surface area contributed by atoms with E-state index in [9.17, 15) is 18.0 Å². The molecule has 1 aromatic heterocycles. The summed E-state index contributed by atoms with van der Waals surface area (Å²) < 4.78 is 46.1. The summed E-state index contributed by atoms with van der Waals surface area (Å²) in [6, 6.07) is 7.19. The summed E-state index contributed by atoms with van der Waals surface area (Å²) in [5.41, 5.74) is -0.0305. The Hall–Kier alpha value is -2.00. The molecule has 28 heavy (non-hydrogen) atoms. The van der Waals surface area contributed by atoms with Crippen LogP contribution >= 0.6 is 11.8 Å². The lowest BCUT2D eigenvalue weighted by Crippen LogP contribution is -2.21. The van der Waals surface area contributed by atoms with Crippen LogP contribution in [0.3, 0.4) is 0 Å². The molecular formula is C19H22F3N3O2S. The van der Waals surface area contributed by atoms with Crippen LogP contribution in [0.2, 0.25) is 0 Å². The van der Waals surface area contributed by atoms with Crippen LogP contribution < -0.4 is 5.32 Å². The lowest BCUT2D eigenvalue weighted by molar-refractivity contribution is -0.144. The number of rotatable bonds is 6. The average molecular weight is 413 g/mol. The maximum atomic E-state index is 13.3. The van der Waals surface area contributed by atoms with E-state index in [1.54, 1.807) is 25.1 Å². The second-order valence-electron chi connectivity index (χ2n) is 6.50. The summed E-state index contributed by atoms with van der Waals surface area (Å²) >= 11 is 1.83. The molecule has 5 nitrogen and oxygen atoms in total. The standard InChI is InChI=1S/C19H22F3N3O2S/c1-2-25-17(19(20,21)22)16(11-23-25)18(26)24-14-5-3-4-13(10-14)12-28-15-6-8-27-9-7-15/h3-5,10-11,15H,2,6-9,12H2,1H3,(H,24,26). The molecule has 1 aliphatic heterocycles. The highest BCUT2D eigenvalue weighted by Gasteiger charge is 2.39. The second-order valence-corrected chi connectivity index (χ2v) is 7.79. The third-order valence-corrected chi connectivity index (χ3v) is 5.93. The van der Waals surface area contributed by atoms with E-state index in [2.05, 4.69) is 10.4 Å². The van der Waals surface area contributed by atoms with Crippen molar-refractivity contribution in [2.45, 2.75) is 43.5 Å². The minimum Gasteiger partial charge on any atom is -0.381 e. The van der Waals surface area contributed by atoms with E-state index in [0.29, 0.717) is 10.9 Å². The molecule has 0 radical (unpaired) electrons. The highest BCUT2D eigenvalue weighted by Crippen LogP contribution is 2.32. The van der Waals surface area contributed by atoms with E-state index in [0.717, 1.165) is 48.3 Å². The van der Waals surface area contributed by atoms with E-state index < -0.39 is 23.3 Å². The van der Waals surface area contributed by atoms with Crippen molar-refractivity contribution < 1.29 is 22.7 Å². The Morgan fingerprint density at radius 3 is 2.79 bits per heavy atom. The zero-order valence-corrected chi connectivity index (χ0v) is 16.3. The maximum Gasteiger partial charge on any atom is 0.433 e. The SMILES string of the molecule is CCn1ncc(C(=O)Nc2cccc(CSC3CCOCC3)c2)c1C(F)(F)F. The molecule has 0 saturated carbocycles. The molecule has 1 saturated heterocycles. The third kappa shape index (κ3) is 5.08. The predicted molar refractivity (Wildman–Crippen MR) is 102 cm³/mol. The van der Waals surface area contributed by atoms with Crippen LogP contribution in [-0.4, -0.2) is 34.2 Å². The molecule has 1 N–H and O–H groups in total. The molecule has 2 aromatic rings. The van der Waals surface area contributed by atoms with Gasteiger partial charge in [-0.1, -0.05) is 12.1 Å². The first-order chi connectivity index (χ1) is 13.4. The number of carbonyl (C=O) groups excluding carboxylic acids is 1. The summed E-state index contributed by atoms with van der Waals surface area (Å²) in [5, 5.41) is 6.79. The van der Waals surface area contributed by atoms with Crippen molar-refractivity contribution in [1.29, 1.82) is 0 Å². The molecule has 0 aliphatic carbocycles. The van der Waals surface area contributed by atoms with Gasteiger partial charge in [0, 0.05) is 36.4 Å². The summed E-state index contributed by atoms with van der Waals surface area (Å²) in [6.45, 7) is 3.13. The number of nitrogens with one attached hydrogen (secondary N) is 1. The van der Waals surface area contributed by atoms with Crippen molar-refractivity contribution in [3.05, 3.63) is 47.3 Å². The van der Waals surface area contributed by atoms with E-state index in [1.165, 1.54) is 0 Å². The maximum absolute atomic E-state index is 13.3. The number of thioether (sulfide) groups is 1. The largest absolute Gasteiger partial charge is 0.433 e. The Bertz CT molecular complexity index is 817. The number of halogens is 3. The predicted octanol–water partition coefficient (Wildman–Crippen LogP) is 4.59. The first-order valence-electron chi connectivity index (χ1n) is 9.11. The molecule has 3 rings (SSSR count). The number of benzene rings is 1. The number of alkyl halides is 3. The van der Waals surface area contributed by atoms with Crippen LogP contribution in [0.25, 0.3) is 0 Å². The summed E-state index contributed by atoms with van der Waals surface area (Å²) in [5.74, 6) is -0.0445. The van der Waals surface area contributed by atoms with Crippen LogP contribution in [0.4, 0.5) is 18.9 Å². The van der Waals surface area contributed by atoms with Crippen LogP contribution in [0.1, 0.15) is 41.4 Å². The molecule has 9 heteroatoms. The van der Waals surface area contributed by atoms with Crippen molar-refractivity contribution >= 4 is 23.4 Å². The second kappa shape index (κ2) is 9.00. The van der Waals surface area contributed by atoms with E-state index in [-0.39, 0.29) is 6.54 Å². The molecule has 1 aromatic carbocycles. The van der Waals surface area contributed by atoms with Gasteiger partial charge in [-0.2, -0.15) is 30.0 Å². The Morgan fingerprint density at radius 1 is 1.36 bits per heavy atom. The van der Waals surface area contributed by atoms with Gasteiger partial charge in [0.15, 0.2) is 5.69 Å². The van der Waals surface area contributed by atoms with Crippen molar-refractivity contribution in [3.8, 4) is 0 Å². The van der Waals surface area contributed by atoms with Crippen LogP contribution in [0, 0.1) is 0 Å². The van der Waals surface area contributed by atoms with Crippen LogP contribution in [0.5, 0.6) is 0 Å². The van der Waals surface area contributed by atoms with E-state index in [4.69, 9.17) is 4.74 Å². The zero-order chi connectivity index (χ0) is 20.1. The third-order valence-electron chi connectivity index (χ3n) is 4.49. The highest BCUT2D eigenvalue weighted by molar-refractivity contribution is 7.99. The summed E-state index contributed by atoms with van der Waals surface area (Å²) in [4.78, 5) is 12.4. The van der Waals surface area contributed by atoms with Gasteiger partial charge in [-0.25, -0.2) is 0 Å². The minimum atomic E-state index is -4.65. The van der Waals surface area contributed by atoms with E-state index >= 15 is 0 Å². The monoisotopic (exact) mass is 413 g/mol. The molecule has 0 atom stereocenters. The van der Waals surface area contributed by atoms with Gasteiger partial charge in [0.25, 0.3) is 5.91 Å². The van der Waals surface area contributed by atoms with Gasteiger partial charge in [0.05, 0.1) is 11.8 Å². The van der Waals surface area contributed by atoms with E-state index in [1.807, 2.05) is 17.8 Å². The van der Waals surface area contributed by atoms with Gasteiger partial charge in [-0.05, 0) is 37.5 Å². The highest BCUT2D eigenvalue weighted by atomic mass is 32.2. The molecule has 2 heterocycles. The number of nitrogens with zero attached hydrogens (tertiary/aromatic N) is 2. The molecule has 0 spiro atoms. The number of ether oxygens (including phenoxy) is 1. The molecule has 1 fully saturated rings. The number of aromatic nitrogens is 2. The fourth-order valence-corrected chi connectivity index (χ4v) is 4.22. The number of anilines is 1. The molecule has 1 aliphatic rings. The fourth-order valence-electron chi connectivity index (χ4n) is 3.08.